The lowest BCUT2D eigenvalue weighted by Gasteiger charge is -2.17. The second-order valence-corrected chi connectivity index (χ2v) is 7.67. The van der Waals surface area contributed by atoms with Crippen LogP contribution in [0.3, 0.4) is 0 Å². The van der Waals surface area contributed by atoms with Gasteiger partial charge in [0, 0.05) is 21.3 Å². The van der Waals surface area contributed by atoms with Crippen LogP contribution < -0.4 is 0 Å². The van der Waals surface area contributed by atoms with Crippen LogP contribution in [0, 0.1) is 0 Å². The highest BCUT2D eigenvalue weighted by molar-refractivity contribution is 14.1. The molecule has 0 saturated carbocycles. The molecular formula is C10H21IOS. The predicted molar refractivity (Wildman–Crippen MR) is 70.1 cm³/mol. The Bertz CT molecular complexity index is 151. The molecule has 0 amide bonds. The molecule has 1 nitrogen and oxygen atoms in total. The average molecular weight is 316 g/mol. The number of unbranched alkanes of at least 4 members (excludes halogenated alkanes) is 3. The summed E-state index contributed by atoms with van der Waals surface area (Å²) in [4.78, 5) is 0. The molecule has 0 radical (unpaired) electrons. The molecule has 0 aromatic heterocycles. The van der Waals surface area contributed by atoms with Crippen molar-refractivity contribution in [2.75, 3.05) is 10.2 Å². The van der Waals surface area contributed by atoms with E-state index < -0.39 is 10.8 Å². The SMILES string of the molecule is CC(C)(C)S(=O)CCCCCCI. The van der Waals surface area contributed by atoms with Crippen molar-refractivity contribution in [2.24, 2.45) is 0 Å². The second-order valence-electron chi connectivity index (χ2n) is 4.27. The van der Waals surface area contributed by atoms with Crippen molar-refractivity contribution in [1.29, 1.82) is 0 Å². The summed E-state index contributed by atoms with van der Waals surface area (Å²) in [7, 11) is -0.645. The van der Waals surface area contributed by atoms with Crippen molar-refractivity contribution in [2.45, 2.75) is 51.2 Å². The summed E-state index contributed by atoms with van der Waals surface area (Å²) in [5.41, 5.74) is 0. The van der Waals surface area contributed by atoms with Gasteiger partial charge in [0.05, 0.1) is 0 Å². The molecule has 0 rings (SSSR count). The van der Waals surface area contributed by atoms with Crippen molar-refractivity contribution in [3.8, 4) is 0 Å². The van der Waals surface area contributed by atoms with Gasteiger partial charge < -0.3 is 0 Å². The highest BCUT2D eigenvalue weighted by atomic mass is 127. The molecule has 0 aromatic rings. The third-order valence-corrected chi connectivity index (χ3v) is 4.68. The van der Waals surface area contributed by atoms with Crippen molar-refractivity contribution < 1.29 is 4.21 Å². The second kappa shape index (κ2) is 7.21. The van der Waals surface area contributed by atoms with Gasteiger partial charge in [-0.3, -0.25) is 4.21 Å². The van der Waals surface area contributed by atoms with Crippen molar-refractivity contribution >= 4 is 33.4 Å². The number of rotatable bonds is 6. The summed E-state index contributed by atoms with van der Waals surface area (Å²) in [5.74, 6) is 0.880. The van der Waals surface area contributed by atoms with Gasteiger partial charge >= 0.3 is 0 Å². The lowest BCUT2D eigenvalue weighted by Crippen LogP contribution is -2.23. The van der Waals surface area contributed by atoms with Gasteiger partial charge in [0.15, 0.2) is 0 Å². The average Bonchev–Trinajstić information content (AvgIpc) is 2.02. The maximum Gasteiger partial charge on any atom is 0.0375 e. The first-order valence-corrected chi connectivity index (χ1v) is 7.77. The normalized spacial score (nSPS) is 14.5. The highest BCUT2D eigenvalue weighted by Gasteiger charge is 2.18. The Morgan fingerprint density at radius 2 is 1.62 bits per heavy atom. The van der Waals surface area contributed by atoms with Crippen LogP contribution in [-0.2, 0) is 10.8 Å². The fourth-order valence-electron chi connectivity index (χ4n) is 0.987. The lowest BCUT2D eigenvalue weighted by molar-refractivity contribution is 0.639. The molecule has 1 atom stereocenters. The molecule has 0 aliphatic carbocycles. The molecule has 13 heavy (non-hydrogen) atoms. The highest BCUT2D eigenvalue weighted by Crippen LogP contribution is 2.13. The topological polar surface area (TPSA) is 17.1 Å². The summed E-state index contributed by atoms with van der Waals surface area (Å²) in [6.45, 7) is 6.15. The fourth-order valence-corrected chi connectivity index (χ4v) is 2.61. The summed E-state index contributed by atoms with van der Waals surface area (Å²) in [6.07, 6.45) is 4.97. The van der Waals surface area contributed by atoms with Gasteiger partial charge in [-0.15, -0.1) is 0 Å². The Balaban J connectivity index is 3.38. The van der Waals surface area contributed by atoms with E-state index in [1.807, 2.05) is 20.8 Å². The van der Waals surface area contributed by atoms with E-state index in [-0.39, 0.29) is 4.75 Å². The van der Waals surface area contributed by atoms with Crippen molar-refractivity contribution in [1.82, 2.24) is 0 Å². The molecule has 0 bridgehead atoms. The first kappa shape index (κ1) is 13.9. The first-order valence-electron chi connectivity index (χ1n) is 4.93. The predicted octanol–water partition coefficient (Wildman–Crippen LogP) is 3.53. The van der Waals surface area contributed by atoms with Crippen LogP contribution in [0.1, 0.15) is 46.5 Å². The molecule has 0 N–H and O–H groups in total. The zero-order valence-electron chi connectivity index (χ0n) is 8.94. The summed E-state index contributed by atoms with van der Waals surface area (Å²) < 4.78 is 12.8. The largest absolute Gasteiger partial charge is 0.259 e. The van der Waals surface area contributed by atoms with Crippen LogP contribution in [-0.4, -0.2) is 19.1 Å². The maximum atomic E-state index is 11.6. The zero-order valence-corrected chi connectivity index (χ0v) is 11.9. The van der Waals surface area contributed by atoms with E-state index in [1.54, 1.807) is 0 Å². The summed E-state index contributed by atoms with van der Waals surface area (Å²) in [5, 5.41) is 0. The van der Waals surface area contributed by atoms with E-state index >= 15 is 0 Å². The molecule has 0 aliphatic heterocycles. The molecule has 0 aliphatic rings. The van der Waals surface area contributed by atoms with Gasteiger partial charge in [0.2, 0.25) is 0 Å². The van der Waals surface area contributed by atoms with Crippen LogP contribution in [0.5, 0.6) is 0 Å². The van der Waals surface area contributed by atoms with E-state index in [4.69, 9.17) is 0 Å². The van der Waals surface area contributed by atoms with Crippen LogP contribution in [0.25, 0.3) is 0 Å². The van der Waals surface area contributed by atoms with Crippen molar-refractivity contribution in [3.05, 3.63) is 0 Å². The van der Waals surface area contributed by atoms with Crippen molar-refractivity contribution in [3.63, 3.8) is 0 Å². The molecule has 0 saturated heterocycles. The van der Waals surface area contributed by atoms with Gasteiger partial charge in [-0.25, -0.2) is 0 Å². The molecule has 3 heteroatoms. The molecular weight excluding hydrogens is 295 g/mol. The molecule has 0 spiro atoms. The third-order valence-electron chi connectivity index (χ3n) is 1.90. The van der Waals surface area contributed by atoms with E-state index in [1.165, 1.54) is 23.7 Å². The number of hydrogen-bond donors (Lipinski definition) is 0. The van der Waals surface area contributed by atoms with Crippen LogP contribution in [0.2, 0.25) is 0 Å². The van der Waals surface area contributed by atoms with Gasteiger partial charge in [0.25, 0.3) is 0 Å². The first-order chi connectivity index (χ1) is 5.98. The molecule has 0 aromatic carbocycles. The summed E-state index contributed by atoms with van der Waals surface area (Å²) in [6, 6.07) is 0. The Kier molecular flexibility index (Phi) is 7.70. The Morgan fingerprint density at radius 1 is 1.08 bits per heavy atom. The molecule has 1 unspecified atom stereocenters. The van der Waals surface area contributed by atoms with E-state index in [0.29, 0.717) is 0 Å². The number of hydrogen-bond acceptors (Lipinski definition) is 1. The fraction of sp³-hybridized carbons (Fsp3) is 1.00. The van der Waals surface area contributed by atoms with Crippen LogP contribution in [0.15, 0.2) is 0 Å². The smallest absolute Gasteiger partial charge is 0.0375 e. The number of halogens is 1. The monoisotopic (exact) mass is 316 g/mol. The van der Waals surface area contributed by atoms with Gasteiger partial charge in [0.1, 0.15) is 0 Å². The molecule has 0 heterocycles. The van der Waals surface area contributed by atoms with E-state index in [9.17, 15) is 4.21 Å². The minimum atomic E-state index is -0.645. The lowest BCUT2D eigenvalue weighted by atomic mass is 10.2. The number of alkyl halides is 1. The Morgan fingerprint density at radius 3 is 2.08 bits per heavy atom. The molecule has 0 fully saturated rings. The maximum absolute atomic E-state index is 11.6. The summed E-state index contributed by atoms with van der Waals surface area (Å²) >= 11 is 2.41. The standard InChI is InChI=1S/C10H21IOS/c1-10(2,3)13(12)9-7-5-4-6-8-11/h4-9H2,1-3H3. The van der Waals surface area contributed by atoms with Gasteiger partial charge in [-0.05, 0) is 38.0 Å². The third kappa shape index (κ3) is 7.91. The zero-order chi connectivity index (χ0) is 10.3. The quantitative estimate of drug-likeness (QED) is 0.416. The molecule has 80 valence electrons. The Hall–Kier alpha value is 0.880. The van der Waals surface area contributed by atoms with Crippen LogP contribution >= 0.6 is 22.6 Å². The minimum Gasteiger partial charge on any atom is -0.259 e. The van der Waals surface area contributed by atoms with E-state index in [2.05, 4.69) is 22.6 Å². The minimum absolute atomic E-state index is 0.0245. The van der Waals surface area contributed by atoms with Gasteiger partial charge in [-0.1, -0.05) is 35.4 Å². The van der Waals surface area contributed by atoms with E-state index in [0.717, 1.165) is 12.2 Å². The Labute approximate surface area is 98.7 Å². The van der Waals surface area contributed by atoms with Gasteiger partial charge in [-0.2, -0.15) is 0 Å². The van der Waals surface area contributed by atoms with Crippen LogP contribution in [0.4, 0.5) is 0 Å².